The minimum atomic E-state index is -0.958. The van der Waals surface area contributed by atoms with Gasteiger partial charge in [0.1, 0.15) is 5.82 Å². The van der Waals surface area contributed by atoms with E-state index in [1.165, 1.54) is 17.0 Å². The van der Waals surface area contributed by atoms with E-state index in [1.807, 2.05) is 51.1 Å². The molecular formula is C30H32FN3O4. The third kappa shape index (κ3) is 6.56. The molecule has 0 bridgehead atoms. The van der Waals surface area contributed by atoms with Gasteiger partial charge < -0.3 is 15.4 Å². The van der Waals surface area contributed by atoms with Crippen LogP contribution in [0.5, 0.6) is 0 Å². The minimum Gasteiger partial charge on any atom is -0.438 e. The van der Waals surface area contributed by atoms with Crippen molar-refractivity contribution in [2.45, 2.75) is 51.9 Å². The molecule has 3 aromatic rings. The van der Waals surface area contributed by atoms with E-state index in [2.05, 4.69) is 10.6 Å². The lowest BCUT2D eigenvalue weighted by Crippen LogP contribution is -2.46. The molecule has 0 radical (unpaired) electrons. The lowest BCUT2D eigenvalue weighted by Gasteiger charge is -2.26. The Morgan fingerprint density at radius 2 is 1.61 bits per heavy atom. The van der Waals surface area contributed by atoms with E-state index in [-0.39, 0.29) is 36.1 Å². The van der Waals surface area contributed by atoms with Gasteiger partial charge in [0.15, 0.2) is 12.1 Å². The van der Waals surface area contributed by atoms with E-state index in [0.717, 1.165) is 5.56 Å². The summed E-state index contributed by atoms with van der Waals surface area (Å²) in [6.07, 6.45) is -1.10. The average molecular weight is 518 g/mol. The number of rotatable bonds is 9. The molecule has 7 nitrogen and oxygen atoms in total. The second-order valence-electron chi connectivity index (χ2n) is 9.91. The maximum Gasteiger partial charge on any atom is 0.411 e. The predicted molar refractivity (Wildman–Crippen MR) is 142 cm³/mol. The second-order valence-corrected chi connectivity index (χ2v) is 9.91. The highest BCUT2D eigenvalue weighted by molar-refractivity contribution is 5.91. The van der Waals surface area contributed by atoms with Crippen LogP contribution in [0.25, 0.3) is 0 Å². The third-order valence-corrected chi connectivity index (χ3v) is 6.39. The van der Waals surface area contributed by atoms with Crippen molar-refractivity contribution in [3.63, 3.8) is 0 Å². The van der Waals surface area contributed by atoms with E-state index in [1.54, 1.807) is 36.4 Å². The van der Waals surface area contributed by atoms with Gasteiger partial charge in [-0.15, -0.1) is 0 Å². The van der Waals surface area contributed by atoms with Gasteiger partial charge in [-0.3, -0.25) is 14.5 Å². The molecule has 198 valence electrons. The monoisotopic (exact) mass is 517 g/mol. The first kappa shape index (κ1) is 26.9. The predicted octanol–water partition coefficient (Wildman–Crippen LogP) is 5.75. The van der Waals surface area contributed by atoms with Crippen molar-refractivity contribution in [3.8, 4) is 0 Å². The zero-order valence-corrected chi connectivity index (χ0v) is 21.7. The first-order chi connectivity index (χ1) is 18.2. The molecule has 1 saturated heterocycles. The molecule has 3 atom stereocenters. The van der Waals surface area contributed by atoms with Gasteiger partial charge in [-0.2, -0.15) is 0 Å². The number of cyclic esters (lactones) is 1. The van der Waals surface area contributed by atoms with Gasteiger partial charge >= 0.3 is 6.09 Å². The number of nitrogens with one attached hydrogen (secondary N) is 2. The lowest BCUT2D eigenvalue weighted by molar-refractivity contribution is -0.127. The van der Waals surface area contributed by atoms with Crippen molar-refractivity contribution < 1.29 is 23.5 Å². The Labute approximate surface area is 222 Å². The van der Waals surface area contributed by atoms with Crippen LogP contribution in [0, 0.1) is 11.7 Å². The highest BCUT2D eigenvalue weighted by Gasteiger charge is 2.47. The summed E-state index contributed by atoms with van der Waals surface area (Å²) < 4.78 is 19.2. The molecule has 4 rings (SSSR count). The normalized spacial score (nSPS) is 17.7. The summed E-state index contributed by atoms with van der Waals surface area (Å²) in [5.74, 6) is -0.606. The third-order valence-electron chi connectivity index (χ3n) is 6.39. The van der Waals surface area contributed by atoms with Crippen LogP contribution in [-0.4, -0.2) is 28.8 Å². The van der Waals surface area contributed by atoms with E-state index in [4.69, 9.17) is 4.74 Å². The molecule has 1 fully saturated rings. The minimum absolute atomic E-state index is 0.0801. The van der Waals surface area contributed by atoms with Gasteiger partial charge in [0.2, 0.25) is 11.8 Å². The number of carbonyl (C=O) groups excluding carboxylic acids is 3. The first-order valence-electron chi connectivity index (χ1n) is 12.7. The first-order valence-corrected chi connectivity index (χ1v) is 12.7. The zero-order chi connectivity index (χ0) is 27.2. The number of amides is 3. The smallest absolute Gasteiger partial charge is 0.411 e. The van der Waals surface area contributed by atoms with Crippen LogP contribution >= 0.6 is 0 Å². The van der Waals surface area contributed by atoms with Gasteiger partial charge in [0.05, 0.1) is 12.6 Å². The molecule has 1 aliphatic rings. The standard InChI is InChI=1S/C30H32FN3O4/c1-19(2)17-26(35)33-25-15-11-23(12-16-25)28-27(29(36)32-20(3)22-7-5-4-6-8-22)34(30(37)38-28)18-21-9-13-24(31)14-10-21/h4-16,19-20,27-28H,17-18H2,1-3H3,(H,32,36)(H,33,35). The fourth-order valence-electron chi connectivity index (χ4n) is 4.46. The molecule has 0 spiro atoms. The van der Waals surface area contributed by atoms with E-state index in [9.17, 15) is 18.8 Å². The van der Waals surface area contributed by atoms with Gasteiger partial charge in [-0.25, -0.2) is 9.18 Å². The molecule has 8 heteroatoms. The molecule has 1 heterocycles. The SMILES string of the molecule is CC(C)CC(=O)Nc1ccc(C2OC(=O)N(Cc3ccc(F)cc3)C2C(=O)NC(C)c2ccccc2)cc1. The molecule has 0 saturated carbocycles. The number of nitrogens with zero attached hydrogens (tertiary/aromatic N) is 1. The molecule has 3 amide bonds. The molecule has 3 unspecified atom stereocenters. The Hall–Kier alpha value is -4.20. The van der Waals surface area contributed by atoms with Gasteiger partial charge in [-0.05, 0) is 53.8 Å². The number of carbonyl (C=O) groups is 3. The second kappa shape index (κ2) is 11.9. The van der Waals surface area contributed by atoms with Crippen LogP contribution in [0.15, 0.2) is 78.9 Å². The average Bonchev–Trinajstić information content (AvgIpc) is 3.21. The molecule has 38 heavy (non-hydrogen) atoms. The number of ether oxygens (including phenoxy) is 1. The van der Waals surface area contributed by atoms with Gasteiger partial charge in [-0.1, -0.05) is 68.4 Å². The van der Waals surface area contributed by atoms with Crippen LogP contribution < -0.4 is 10.6 Å². The number of benzene rings is 3. The molecule has 1 aliphatic heterocycles. The van der Waals surface area contributed by atoms with Crippen molar-refractivity contribution in [1.82, 2.24) is 10.2 Å². The van der Waals surface area contributed by atoms with Gasteiger partial charge in [0.25, 0.3) is 0 Å². The van der Waals surface area contributed by atoms with E-state index in [0.29, 0.717) is 23.2 Å². The molecule has 0 aliphatic carbocycles. The van der Waals surface area contributed by atoms with Crippen molar-refractivity contribution in [2.75, 3.05) is 5.32 Å². The van der Waals surface area contributed by atoms with Gasteiger partial charge in [0, 0.05) is 12.1 Å². The summed E-state index contributed by atoms with van der Waals surface area (Å²) in [6, 6.07) is 21.0. The maximum atomic E-state index is 13.6. The van der Waals surface area contributed by atoms with E-state index >= 15 is 0 Å². The summed E-state index contributed by atoms with van der Waals surface area (Å²) in [5.41, 5.74) is 2.83. The number of halogens is 1. The van der Waals surface area contributed by atoms with Crippen molar-refractivity contribution in [3.05, 3.63) is 101 Å². The quantitative estimate of drug-likeness (QED) is 0.378. The number of hydrogen-bond donors (Lipinski definition) is 2. The Morgan fingerprint density at radius 3 is 2.24 bits per heavy atom. The largest absolute Gasteiger partial charge is 0.438 e. The Kier molecular flexibility index (Phi) is 8.41. The van der Waals surface area contributed by atoms with Crippen LogP contribution in [0.4, 0.5) is 14.9 Å². The molecule has 2 N–H and O–H groups in total. The highest BCUT2D eigenvalue weighted by Crippen LogP contribution is 2.35. The van der Waals surface area contributed by atoms with Crippen molar-refractivity contribution >= 4 is 23.6 Å². The number of hydrogen-bond acceptors (Lipinski definition) is 4. The van der Waals surface area contributed by atoms with Crippen LogP contribution in [0.2, 0.25) is 0 Å². The summed E-state index contributed by atoms with van der Waals surface area (Å²) in [7, 11) is 0. The topological polar surface area (TPSA) is 87.7 Å². The van der Waals surface area contributed by atoms with Crippen molar-refractivity contribution in [2.24, 2.45) is 5.92 Å². The fraction of sp³-hybridized carbons (Fsp3) is 0.300. The molecule has 0 aromatic heterocycles. The molecule has 3 aromatic carbocycles. The summed E-state index contributed by atoms with van der Waals surface area (Å²) in [5, 5.41) is 5.87. The summed E-state index contributed by atoms with van der Waals surface area (Å²) in [6.45, 7) is 5.90. The van der Waals surface area contributed by atoms with Crippen LogP contribution in [0.3, 0.4) is 0 Å². The lowest BCUT2D eigenvalue weighted by atomic mass is 9.99. The van der Waals surface area contributed by atoms with E-state index < -0.39 is 18.2 Å². The molecular weight excluding hydrogens is 485 g/mol. The Bertz CT molecular complexity index is 1260. The summed E-state index contributed by atoms with van der Waals surface area (Å²) >= 11 is 0. The highest BCUT2D eigenvalue weighted by atomic mass is 19.1. The Morgan fingerprint density at radius 1 is 0.947 bits per heavy atom. The number of anilines is 1. The van der Waals surface area contributed by atoms with Crippen LogP contribution in [0.1, 0.15) is 56.0 Å². The van der Waals surface area contributed by atoms with Crippen molar-refractivity contribution in [1.29, 1.82) is 0 Å². The maximum absolute atomic E-state index is 13.6. The summed E-state index contributed by atoms with van der Waals surface area (Å²) in [4.78, 5) is 40.1. The zero-order valence-electron chi connectivity index (χ0n) is 21.7. The Balaban J connectivity index is 1.58. The fourth-order valence-corrected chi connectivity index (χ4v) is 4.46. The van der Waals surface area contributed by atoms with Crippen LogP contribution in [-0.2, 0) is 20.9 Å².